The lowest BCUT2D eigenvalue weighted by Crippen LogP contribution is -1.89. The number of hydrogen-bond acceptors (Lipinski definition) is 4. The van der Waals surface area contributed by atoms with E-state index >= 15 is 0 Å². The fourth-order valence-corrected chi connectivity index (χ4v) is 6.65. The van der Waals surface area contributed by atoms with Crippen LogP contribution in [0.3, 0.4) is 0 Å². The molecule has 0 saturated heterocycles. The molecule has 0 aliphatic carbocycles. The van der Waals surface area contributed by atoms with Crippen LogP contribution in [0.15, 0.2) is 109 Å². The van der Waals surface area contributed by atoms with Gasteiger partial charge in [0.2, 0.25) is 0 Å². The van der Waals surface area contributed by atoms with E-state index in [9.17, 15) is 0 Å². The molecule has 0 radical (unpaired) electrons. The summed E-state index contributed by atoms with van der Waals surface area (Å²) < 4.78 is 2.72. The molecular weight excluding hydrogens is 452 g/mol. The van der Waals surface area contributed by atoms with E-state index in [0.717, 1.165) is 22.5 Å². The first-order chi connectivity index (χ1) is 16.8. The number of benzene rings is 4. The molecule has 0 spiro atoms. The van der Waals surface area contributed by atoms with Gasteiger partial charge in [-0.2, -0.15) is 0 Å². The van der Waals surface area contributed by atoms with Gasteiger partial charge >= 0.3 is 0 Å². The van der Waals surface area contributed by atoms with Crippen molar-refractivity contribution < 1.29 is 0 Å². The standard InChI is InChI=1S/C30H18N2S2/c1-2-5-20(6-3-1)30-31-17-24(18-32-30)21-7-4-8-22(15-21)27-16-23-10-12-25-26(29(23)34-27)11-9-19-13-14-33-28(19)25/h1-18H. The van der Waals surface area contributed by atoms with E-state index in [4.69, 9.17) is 0 Å². The topological polar surface area (TPSA) is 25.8 Å². The fraction of sp³-hybridized carbons (Fsp3) is 0. The minimum atomic E-state index is 0.747. The highest BCUT2D eigenvalue weighted by Gasteiger charge is 2.11. The summed E-state index contributed by atoms with van der Waals surface area (Å²) >= 11 is 3.69. The molecule has 4 heteroatoms. The summed E-state index contributed by atoms with van der Waals surface area (Å²) in [6.45, 7) is 0. The Hall–Kier alpha value is -3.86. The van der Waals surface area contributed by atoms with Gasteiger partial charge in [0.1, 0.15) is 0 Å². The third-order valence-electron chi connectivity index (χ3n) is 6.26. The molecule has 0 saturated carbocycles. The molecule has 3 heterocycles. The summed E-state index contributed by atoms with van der Waals surface area (Å²) in [6, 6.07) is 32.3. The first-order valence-electron chi connectivity index (χ1n) is 11.1. The van der Waals surface area contributed by atoms with Crippen LogP contribution in [-0.2, 0) is 0 Å². The van der Waals surface area contributed by atoms with E-state index in [1.165, 1.54) is 41.4 Å². The SMILES string of the molecule is c1ccc(-c2ncc(-c3cccc(-c4cc5ccc6c(ccc7ccsc76)c5s4)c3)cn2)cc1. The van der Waals surface area contributed by atoms with Gasteiger partial charge in [-0.3, -0.25) is 0 Å². The lowest BCUT2D eigenvalue weighted by Gasteiger charge is -2.05. The Bertz CT molecular complexity index is 1800. The normalized spacial score (nSPS) is 11.5. The molecule has 7 aromatic rings. The molecule has 0 aliphatic rings. The predicted molar refractivity (Wildman–Crippen MR) is 147 cm³/mol. The molecule has 0 fully saturated rings. The van der Waals surface area contributed by atoms with Crippen LogP contribution in [0.4, 0.5) is 0 Å². The quantitative estimate of drug-likeness (QED) is 0.257. The Morgan fingerprint density at radius 1 is 0.529 bits per heavy atom. The van der Waals surface area contributed by atoms with Crippen LogP contribution in [0.5, 0.6) is 0 Å². The molecular formula is C30H18N2S2. The maximum atomic E-state index is 4.61. The zero-order chi connectivity index (χ0) is 22.5. The van der Waals surface area contributed by atoms with Crippen LogP contribution < -0.4 is 0 Å². The second-order valence-corrected chi connectivity index (χ2v) is 10.3. The number of rotatable bonds is 3. The molecule has 0 aliphatic heterocycles. The fourth-order valence-electron chi connectivity index (χ4n) is 4.54. The second-order valence-electron chi connectivity index (χ2n) is 8.34. The zero-order valence-corrected chi connectivity index (χ0v) is 19.7. The molecule has 34 heavy (non-hydrogen) atoms. The van der Waals surface area contributed by atoms with Gasteiger partial charge < -0.3 is 0 Å². The van der Waals surface area contributed by atoms with E-state index in [1.807, 2.05) is 65.4 Å². The van der Waals surface area contributed by atoms with Crippen molar-refractivity contribution in [2.75, 3.05) is 0 Å². The number of thiophene rings is 2. The van der Waals surface area contributed by atoms with Crippen molar-refractivity contribution in [3.8, 4) is 33.0 Å². The number of nitrogens with zero attached hydrogens (tertiary/aromatic N) is 2. The summed E-state index contributed by atoms with van der Waals surface area (Å²) in [5.74, 6) is 0.747. The average molecular weight is 471 g/mol. The second kappa shape index (κ2) is 7.87. The molecule has 3 aromatic heterocycles. The third kappa shape index (κ3) is 3.23. The van der Waals surface area contributed by atoms with Gasteiger partial charge in [0.05, 0.1) is 0 Å². The predicted octanol–water partition coefficient (Wildman–Crippen LogP) is 9.06. The monoisotopic (exact) mass is 470 g/mol. The highest BCUT2D eigenvalue weighted by molar-refractivity contribution is 7.23. The van der Waals surface area contributed by atoms with Gasteiger partial charge in [0.15, 0.2) is 5.82 Å². The Labute approximate surface area is 204 Å². The van der Waals surface area contributed by atoms with Crippen LogP contribution in [0.1, 0.15) is 0 Å². The highest BCUT2D eigenvalue weighted by atomic mass is 32.1. The maximum Gasteiger partial charge on any atom is 0.159 e. The average Bonchev–Trinajstić information content (AvgIpc) is 3.57. The van der Waals surface area contributed by atoms with Gasteiger partial charge in [0.25, 0.3) is 0 Å². The molecule has 160 valence electrons. The van der Waals surface area contributed by atoms with Crippen molar-refractivity contribution in [1.29, 1.82) is 0 Å². The van der Waals surface area contributed by atoms with Crippen LogP contribution in [0, 0.1) is 0 Å². The minimum Gasteiger partial charge on any atom is -0.236 e. The Balaban J connectivity index is 1.29. The number of hydrogen-bond donors (Lipinski definition) is 0. The van der Waals surface area contributed by atoms with E-state index in [1.54, 1.807) is 0 Å². The zero-order valence-electron chi connectivity index (χ0n) is 18.1. The van der Waals surface area contributed by atoms with E-state index in [0.29, 0.717) is 0 Å². The number of fused-ring (bicyclic) bond motifs is 5. The summed E-state index contributed by atoms with van der Waals surface area (Å²) in [7, 11) is 0. The molecule has 2 nitrogen and oxygen atoms in total. The van der Waals surface area contributed by atoms with Crippen molar-refractivity contribution in [1.82, 2.24) is 9.97 Å². The first-order valence-corrected chi connectivity index (χ1v) is 12.8. The van der Waals surface area contributed by atoms with Crippen LogP contribution in [0.25, 0.3) is 63.9 Å². The molecule has 0 bridgehead atoms. The Morgan fingerprint density at radius 2 is 1.26 bits per heavy atom. The van der Waals surface area contributed by atoms with E-state index < -0.39 is 0 Å². The summed E-state index contributed by atoms with van der Waals surface area (Å²) in [5.41, 5.74) is 4.39. The van der Waals surface area contributed by atoms with Gasteiger partial charge in [-0.1, -0.05) is 72.8 Å². The highest BCUT2D eigenvalue weighted by Crippen LogP contribution is 2.41. The molecule has 4 aromatic carbocycles. The van der Waals surface area contributed by atoms with Gasteiger partial charge in [0, 0.05) is 48.6 Å². The molecule has 0 atom stereocenters. The van der Waals surface area contributed by atoms with Crippen molar-refractivity contribution >= 4 is 53.6 Å². The third-order valence-corrected chi connectivity index (χ3v) is 8.46. The molecule has 0 amide bonds. The van der Waals surface area contributed by atoms with Crippen molar-refractivity contribution in [3.63, 3.8) is 0 Å². The molecule has 7 rings (SSSR count). The van der Waals surface area contributed by atoms with Gasteiger partial charge in [-0.25, -0.2) is 9.97 Å². The summed E-state index contributed by atoms with van der Waals surface area (Å²) in [6.07, 6.45) is 3.83. The van der Waals surface area contributed by atoms with Crippen molar-refractivity contribution in [2.24, 2.45) is 0 Å². The van der Waals surface area contributed by atoms with Crippen LogP contribution in [0.2, 0.25) is 0 Å². The Kier molecular flexibility index (Phi) is 4.54. The molecule has 0 N–H and O–H groups in total. The smallest absolute Gasteiger partial charge is 0.159 e. The minimum absolute atomic E-state index is 0.747. The van der Waals surface area contributed by atoms with Gasteiger partial charge in [-0.15, -0.1) is 22.7 Å². The summed E-state index contributed by atoms with van der Waals surface area (Å²) in [4.78, 5) is 10.5. The largest absolute Gasteiger partial charge is 0.236 e. The van der Waals surface area contributed by atoms with Crippen molar-refractivity contribution in [3.05, 3.63) is 109 Å². The number of aromatic nitrogens is 2. The first kappa shape index (κ1) is 19.6. The molecule has 0 unspecified atom stereocenters. The lowest BCUT2D eigenvalue weighted by atomic mass is 10.0. The van der Waals surface area contributed by atoms with Crippen LogP contribution >= 0.6 is 22.7 Å². The van der Waals surface area contributed by atoms with E-state index in [2.05, 4.69) is 76.0 Å². The van der Waals surface area contributed by atoms with Gasteiger partial charge in [-0.05, 0) is 45.5 Å². The van der Waals surface area contributed by atoms with E-state index in [-0.39, 0.29) is 0 Å². The lowest BCUT2D eigenvalue weighted by molar-refractivity contribution is 1.18. The summed E-state index contributed by atoms with van der Waals surface area (Å²) in [5, 5.41) is 7.48. The van der Waals surface area contributed by atoms with Crippen LogP contribution in [-0.4, -0.2) is 9.97 Å². The van der Waals surface area contributed by atoms with Crippen molar-refractivity contribution in [2.45, 2.75) is 0 Å². The Morgan fingerprint density at radius 3 is 2.12 bits per heavy atom. The maximum absolute atomic E-state index is 4.61.